The molecular formula is C9H16N2O2. The molecule has 1 rings (SSSR count). The maximum absolute atomic E-state index is 5.73. The lowest BCUT2D eigenvalue weighted by Crippen LogP contribution is -2.37. The summed E-state index contributed by atoms with van der Waals surface area (Å²) in [6.07, 6.45) is 0. The van der Waals surface area contributed by atoms with Crippen molar-refractivity contribution in [3.8, 4) is 0 Å². The highest BCUT2D eigenvalue weighted by atomic mass is 16.5. The van der Waals surface area contributed by atoms with E-state index in [1.807, 2.05) is 26.8 Å². The topological polar surface area (TPSA) is 61.3 Å². The van der Waals surface area contributed by atoms with Crippen LogP contribution in [0.25, 0.3) is 0 Å². The molecule has 0 fully saturated rings. The number of rotatable bonds is 4. The molecule has 0 aliphatic carbocycles. The summed E-state index contributed by atoms with van der Waals surface area (Å²) in [6, 6.07) is 1.85. The van der Waals surface area contributed by atoms with Gasteiger partial charge in [-0.2, -0.15) is 0 Å². The fraction of sp³-hybridized carbons (Fsp3) is 0.667. The molecule has 0 spiro atoms. The minimum atomic E-state index is -0.297. The fourth-order valence-corrected chi connectivity index (χ4v) is 0.899. The Bertz CT molecular complexity index is 263. The quantitative estimate of drug-likeness (QED) is 0.764. The standard InChI is InChI=1S/C9H16N2O2/c1-7-4-8(13-11-7)5-12-6-9(2,3)10/h4H,5-6,10H2,1-3H3. The lowest BCUT2D eigenvalue weighted by molar-refractivity contribution is 0.0702. The molecule has 0 radical (unpaired) electrons. The van der Waals surface area contributed by atoms with E-state index >= 15 is 0 Å². The zero-order valence-electron chi connectivity index (χ0n) is 8.33. The van der Waals surface area contributed by atoms with Crippen molar-refractivity contribution in [2.45, 2.75) is 32.9 Å². The van der Waals surface area contributed by atoms with E-state index < -0.39 is 0 Å². The molecule has 2 N–H and O–H groups in total. The van der Waals surface area contributed by atoms with Crippen LogP contribution >= 0.6 is 0 Å². The number of ether oxygens (including phenoxy) is 1. The van der Waals surface area contributed by atoms with Crippen LogP contribution in [0.1, 0.15) is 25.3 Å². The minimum absolute atomic E-state index is 0.297. The van der Waals surface area contributed by atoms with Crippen molar-refractivity contribution in [1.82, 2.24) is 5.16 Å². The molecule has 0 atom stereocenters. The highest BCUT2D eigenvalue weighted by Gasteiger charge is 2.11. The Hall–Kier alpha value is -0.870. The van der Waals surface area contributed by atoms with Crippen molar-refractivity contribution < 1.29 is 9.26 Å². The van der Waals surface area contributed by atoms with Crippen LogP contribution in [-0.2, 0) is 11.3 Å². The lowest BCUT2D eigenvalue weighted by Gasteiger charge is -2.17. The number of aryl methyl sites for hydroxylation is 1. The van der Waals surface area contributed by atoms with E-state index in [-0.39, 0.29) is 5.54 Å². The fourth-order valence-electron chi connectivity index (χ4n) is 0.899. The number of hydrogen-bond donors (Lipinski definition) is 1. The van der Waals surface area contributed by atoms with Crippen molar-refractivity contribution >= 4 is 0 Å². The van der Waals surface area contributed by atoms with Gasteiger partial charge in [-0.15, -0.1) is 0 Å². The van der Waals surface area contributed by atoms with E-state index in [4.69, 9.17) is 15.0 Å². The van der Waals surface area contributed by atoms with Gasteiger partial charge >= 0.3 is 0 Å². The zero-order chi connectivity index (χ0) is 9.90. The van der Waals surface area contributed by atoms with Crippen LogP contribution in [0.5, 0.6) is 0 Å². The minimum Gasteiger partial charge on any atom is -0.372 e. The predicted octanol–water partition coefficient (Wildman–Crippen LogP) is 1.24. The SMILES string of the molecule is Cc1cc(COCC(C)(C)N)on1. The summed E-state index contributed by atoms with van der Waals surface area (Å²) >= 11 is 0. The van der Waals surface area contributed by atoms with Crippen molar-refractivity contribution in [2.75, 3.05) is 6.61 Å². The highest BCUT2D eigenvalue weighted by Crippen LogP contribution is 2.05. The Morgan fingerprint density at radius 2 is 2.31 bits per heavy atom. The first-order valence-corrected chi connectivity index (χ1v) is 4.26. The number of nitrogens with zero attached hydrogens (tertiary/aromatic N) is 1. The van der Waals surface area contributed by atoms with Crippen LogP contribution in [0.4, 0.5) is 0 Å². The van der Waals surface area contributed by atoms with E-state index in [9.17, 15) is 0 Å². The number of aromatic nitrogens is 1. The van der Waals surface area contributed by atoms with Crippen LogP contribution in [0.3, 0.4) is 0 Å². The zero-order valence-corrected chi connectivity index (χ0v) is 8.33. The average Bonchev–Trinajstić information content (AvgIpc) is 2.33. The average molecular weight is 184 g/mol. The van der Waals surface area contributed by atoms with Gasteiger partial charge < -0.3 is 15.0 Å². The molecule has 0 aliphatic heterocycles. The summed E-state index contributed by atoms with van der Waals surface area (Å²) in [4.78, 5) is 0. The highest BCUT2D eigenvalue weighted by molar-refractivity contribution is 5.01. The molecule has 0 saturated carbocycles. The molecule has 74 valence electrons. The number of hydrogen-bond acceptors (Lipinski definition) is 4. The second kappa shape index (κ2) is 3.89. The Kier molecular flexibility index (Phi) is 3.06. The Labute approximate surface area is 78.0 Å². The summed E-state index contributed by atoms with van der Waals surface area (Å²) in [5.41, 5.74) is 6.30. The van der Waals surface area contributed by atoms with E-state index in [1.54, 1.807) is 0 Å². The first kappa shape index (κ1) is 10.2. The van der Waals surface area contributed by atoms with E-state index in [0.717, 1.165) is 11.5 Å². The third kappa shape index (κ3) is 4.05. The van der Waals surface area contributed by atoms with Gasteiger partial charge in [0.1, 0.15) is 6.61 Å². The third-order valence-electron chi connectivity index (χ3n) is 1.40. The molecule has 0 aliphatic rings. The van der Waals surface area contributed by atoms with Gasteiger partial charge in [0, 0.05) is 11.6 Å². The predicted molar refractivity (Wildman–Crippen MR) is 49.2 cm³/mol. The van der Waals surface area contributed by atoms with Crippen molar-refractivity contribution in [2.24, 2.45) is 5.73 Å². The third-order valence-corrected chi connectivity index (χ3v) is 1.40. The van der Waals surface area contributed by atoms with Crippen molar-refractivity contribution in [1.29, 1.82) is 0 Å². The van der Waals surface area contributed by atoms with E-state index in [1.165, 1.54) is 0 Å². The van der Waals surface area contributed by atoms with Gasteiger partial charge in [0.25, 0.3) is 0 Å². The van der Waals surface area contributed by atoms with Crippen molar-refractivity contribution in [3.63, 3.8) is 0 Å². The van der Waals surface area contributed by atoms with Gasteiger partial charge in [-0.1, -0.05) is 5.16 Å². The van der Waals surface area contributed by atoms with Gasteiger partial charge in [0.05, 0.1) is 12.3 Å². The molecule has 0 aromatic carbocycles. The molecule has 0 saturated heterocycles. The first-order chi connectivity index (χ1) is 5.97. The van der Waals surface area contributed by atoms with Gasteiger partial charge in [-0.05, 0) is 20.8 Å². The maximum atomic E-state index is 5.73. The van der Waals surface area contributed by atoms with Crippen LogP contribution in [0, 0.1) is 6.92 Å². The Morgan fingerprint density at radius 3 is 2.77 bits per heavy atom. The smallest absolute Gasteiger partial charge is 0.162 e. The molecule has 1 heterocycles. The Balaban J connectivity index is 2.28. The normalized spacial score (nSPS) is 12.0. The molecule has 4 nitrogen and oxygen atoms in total. The molecule has 0 bridgehead atoms. The monoisotopic (exact) mass is 184 g/mol. The summed E-state index contributed by atoms with van der Waals surface area (Å²) < 4.78 is 10.3. The summed E-state index contributed by atoms with van der Waals surface area (Å²) in [6.45, 7) is 6.64. The molecule has 1 aromatic heterocycles. The second-order valence-electron chi connectivity index (χ2n) is 3.92. The second-order valence-corrected chi connectivity index (χ2v) is 3.92. The van der Waals surface area contributed by atoms with Crippen molar-refractivity contribution in [3.05, 3.63) is 17.5 Å². The first-order valence-electron chi connectivity index (χ1n) is 4.26. The van der Waals surface area contributed by atoms with Gasteiger partial charge in [0.15, 0.2) is 5.76 Å². The molecule has 13 heavy (non-hydrogen) atoms. The summed E-state index contributed by atoms with van der Waals surface area (Å²) in [5.74, 6) is 0.738. The van der Waals surface area contributed by atoms with E-state index in [2.05, 4.69) is 5.16 Å². The van der Waals surface area contributed by atoms with Crippen LogP contribution < -0.4 is 5.73 Å². The van der Waals surface area contributed by atoms with E-state index in [0.29, 0.717) is 13.2 Å². The van der Waals surface area contributed by atoms with Crippen LogP contribution in [0.15, 0.2) is 10.6 Å². The van der Waals surface area contributed by atoms with Gasteiger partial charge in [-0.3, -0.25) is 0 Å². The van der Waals surface area contributed by atoms with Gasteiger partial charge in [-0.25, -0.2) is 0 Å². The Morgan fingerprint density at radius 1 is 1.62 bits per heavy atom. The van der Waals surface area contributed by atoms with Crippen LogP contribution in [-0.4, -0.2) is 17.3 Å². The maximum Gasteiger partial charge on any atom is 0.162 e. The summed E-state index contributed by atoms with van der Waals surface area (Å²) in [5, 5.41) is 3.75. The van der Waals surface area contributed by atoms with Gasteiger partial charge in [0.2, 0.25) is 0 Å². The summed E-state index contributed by atoms with van der Waals surface area (Å²) in [7, 11) is 0. The largest absolute Gasteiger partial charge is 0.372 e. The molecular weight excluding hydrogens is 168 g/mol. The molecule has 0 amide bonds. The molecule has 0 unspecified atom stereocenters. The van der Waals surface area contributed by atoms with Crippen LogP contribution in [0.2, 0.25) is 0 Å². The molecule has 4 heteroatoms. The lowest BCUT2D eigenvalue weighted by atomic mass is 10.1. The number of nitrogens with two attached hydrogens (primary N) is 1. The molecule has 1 aromatic rings.